The number of hydrogen-bond acceptors (Lipinski definition) is 2. The van der Waals surface area contributed by atoms with E-state index in [0.717, 1.165) is 38.2 Å². The summed E-state index contributed by atoms with van der Waals surface area (Å²) in [5.74, 6) is -0.0936. The molecule has 0 saturated carbocycles. The van der Waals surface area contributed by atoms with Crippen LogP contribution in [-0.4, -0.2) is 31.1 Å². The quantitative estimate of drug-likeness (QED) is 0.928. The average molecular weight is 284 g/mol. The van der Waals surface area contributed by atoms with E-state index in [1.807, 2.05) is 18.2 Å². The molecule has 0 spiro atoms. The third kappa shape index (κ3) is 3.49. The standard InChI is InChI=1S/C18H21FN2/c19-17-9-5-4-6-15(17)10-12-21-13-11-20-14-18(21)16-7-2-1-3-8-16/h1-9,18,20H,10-14H2. The molecule has 0 bridgehead atoms. The van der Waals surface area contributed by atoms with Crippen LogP contribution in [0.4, 0.5) is 4.39 Å². The second-order valence-electron chi connectivity index (χ2n) is 5.51. The van der Waals surface area contributed by atoms with Gasteiger partial charge in [0.1, 0.15) is 5.82 Å². The molecule has 1 aliphatic heterocycles. The number of rotatable bonds is 4. The first-order valence-corrected chi connectivity index (χ1v) is 7.58. The molecule has 2 nitrogen and oxygen atoms in total. The summed E-state index contributed by atoms with van der Waals surface area (Å²) < 4.78 is 13.7. The molecule has 1 unspecified atom stereocenters. The minimum atomic E-state index is -0.0936. The Morgan fingerprint density at radius 2 is 1.81 bits per heavy atom. The number of halogens is 1. The molecule has 1 fully saturated rings. The van der Waals surface area contributed by atoms with Crippen LogP contribution >= 0.6 is 0 Å². The van der Waals surface area contributed by atoms with Gasteiger partial charge in [-0.05, 0) is 23.6 Å². The lowest BCUT2D eigenvalue weighted by atomic mass is 10.0. The van der Waals surface area contributed by atoms with Crippen molar-refractivity contribution in [3.8, 4) is 0 Å². The van der Waals surface area contributed by atoms with Crippen LogP contribution in [0, 0.1) is 5.82 Å². The molecule has 0 aliphatic carbocycles. The lowest BCUT2D eigenvalue weighted by Gasteiger charge is -2.36. The smallest absolute Gasteiger partial charge is 0.126 e. The van der Waals surface area contributed by atoms with Crippen molar-refractivity contribution in [2.75, 3.05) is 26.2 Å². The summed E-state index contributed by atoms with van der Waals surface area (Å²) in [5.41, 5.74) is 2.14. The van der Waals surface area contributed by atoms with Crippen molar-refractivity contribution in [2.24, 2.45) is 0 Å². The van der Waals surface area contributed by atoms with Gasteiger partial charge in [-0.15, -0.1) is 0 Å². The monoisotopic (exact) mass is 284 g/mol. The SMILES string of the molecule is Fc1ccccc1CCN1CCNCC1c1ccccc1. The fraction of sp³-hybridized carbons (Fsp3) is 0.333. The zero-order chi connectivity index (χ0) is 14.5. The molecular formula is C18H21FN2. The van der Waals surface area contributed by atoms with Crippen molar-refractivity contribution >= 4 is 0 Å². The molecule has 2 aromatic rings. The average Bonchev–Trinajstić information content (AvgIpc) is 2.55. The molecule has 0 amide bonds. The summed E-state index contributed by atoms with van der Waals surface area (Å²) in [6, 6.07) is 18.0. The van der Waals surface area contributed by atoms with Gasteiger partial charge in [0.15, 0.2) is 0 Å². The van der Waals surface area contributed by atoms with Gasteiger partial charge in [0.05, 0.1) is 0 Å². The molecular weight excluding hydrogens is 263 g/mol. The highest BCUT2D eigenvalue weighted by atomic mass is 19.1. The van der Waals surface area contributed by atoms with Gasteiger partial charge in [0.25, 0.3) is 0 Å². The van der Waals surface area contributed by atoms with Crippen LogP contribution < -0.4 is 5.32 Å². The molecule has 3 rings (SSSR count). The van der Waals surface area contributed by atoms with Gasteiger partial charge in [-0.3, -0.25) is 4.90 Å². The zero-order valence-corrected chi connectivity index (χ0v) is 12.1. The van der Waals surface area contributed by atoms with Gasteiger partial charge in [0.2, 0.25) is 0 Å². The summed E-state index contributed by atoms with van der Waals surface area (Å²) in [5, 5.41) is 3.46. The molecule has 1 aliphatic rings. The maximum absolute atomic E-state index is 13.7. The van der Waals surface area contributed by atoms with Gasteiger partial charge in [-0.25, -0.2) is 4.39 Å². The van der Waals surface area contributed by atoms with Crippen molar-refractivity contribution in [3.63, 3.8) is 0 Å². The largest absolute Gasteiger partial charge is 0.314 e. The number of nitrogens with zero attached hydrogens (tertiary/aromatic N) is 1. The van der Waals surface area contributed by atoms with Crippen LogP contribution in [0.1, 0.15) is 17.2 Å². The molecule has 110 valence electrons. The molecule has 1 heterocycles. The molecule has 0 aromatic heterocycles. The van der Waals surface area contributed by atoms with Crippen molar-refractivity contribution in [2.45, 2.75) is 12.5 Å². The maximum Gasteiger partial charge on any atom is 0.126 e. The first-order chi connectivity index (χ1) is 10.3. The number of benzene rings is 2. The van der Waals surface area contributed by atoms with E-state index in [1.54, 1.807) is 12.1 Å². The normalized spacial score (nSPS) is 19.6. The third-order valence-electron chi connectivity index (χ3n) is 4.16. The van der Waals surface area contributed by atoms with Crippen molar-refractivity contribution in [1.82, 2.24) is 10.2 Å². The van der Waals surface area contributed by atoms with Crippen LogP contribution in [-0.2, 0) is 6.42 Å². The first-order valence-electron chi connectivity index (χ1n) is 7.58. The molecule has 1 saturated heterocycles. The van der Waals surface area contributed by atoms with E-state index in [1.165, 1.54) is 5.56 Å². The van der Waals surface area contributed by atoms with E-state index in [0.29, 0.717) is 6.04 Å². The van der Waals surface area contributed by atoms with Gasteiger partial charge >= 0.3 is 0 Å². The molecule has 3 heteroatoms. The summed E-state index contributed by atoms with van der Waals surface area (Å²) in [6.07, 6.45) is 0.760. The molecule has 21 heavy (non-hydrogen) atoms. The third-order valence-corrected chi connectivity index (χ3v) is 4.16. The van der Waals surface area contributed by atoms with Gasteiger partial charge < -0.3 is 5.32 Å². The lowest BCUT2D eigenvalue weighted by Crippen LogP contribution is -2.46. The Balaban J connectivity index is 1.69. The molecule has 2 aromatic carbocycles. The Bertz CT molecular complexity index is 570. The van der Waals surface area contributed by atoms with Crippen LogP contribution in [0.2, 0.25) is 0 Å². The predicted molar refractivity (Wildman–Crippen MR) is 83.7 cm³/mol. The van der Waals surface area contributed by atoms with E-state index in [4.69, 9.17) is 0 Å². The lowest BCUT2D eigenvalue weighted by molar-refractivity contribution is 0.163. The van der Waals surface area contributed by atoms with Gasteiger partial charge in [-0.1, -0.05) is 48.5 Å². The van der Waals surface area contributed by atoms with Gasteiger partial charge in [-0.2, -0.15) is 0 Å². The number of hydrogen-bond donors (Lipinski definition) is 1. The Hall–Kier alpha value is -1.71. The number of nitrogens with one attached hydrogen (secondary N) is 1. The predicted octanol–water partition coefficient (Wildman–Crippen LogP) is 3.01. The van der Waals surface area contributed by atoms with Crippen LogP contribution in [0.25, 0.3) is 0 Å². The molecule has 1 N–H and O–H groups in total. The minimum Gasteiger partial charge on any atom is -0.314 e. The van der Waals surface area contributed by atoms with Crippen LogP contribution in [0.15, 0.2) is 54.6 Å². The van der Waals surface area contributed by atoms with E-state index in [-0.39, 0.29) is 5.82 Å². The topological polar surface area (TPSA) is 15.3 Å². The Morgan fingerprint density at radius 3 is 2.62 bits per heavy atom. The number of piperazine rings is 1. The zero-order valence-electron chi connectivity index (χ0n) is 12.1. The van der Waals surface area contributed by atoms with E-state index >= 15 is 0 Å². The van der Waals surface area contributed by atoms with Crippen molar-refractivity contribution < 1.29 is 4.39 Å². The summed E-state index contributed by atoms with van der Waals surface area (Å²) in [7, 11) is 0. The van der Waals surface area contributed by atoms with Crippen LogP contribution in [0.3, 0.4) is 0 Å². The highest BCUT2D eigenvalue weighted by Crippen LogP contribution is 2.22. The Labute approximate surface area is 125 Å². The summed E-state index contributed by atoms with van der Waals surface area (Å²) >= 11 is 0. The molecule has 1 atom stereocenters. The van der Waals surface area contributed by atoms with Crippen molar-refractivity contribution in [1.29, 1.82) is 0 Å². The second kappa shape index (κ2) is 6.83. The second-order valence-corrected chi connectivity index (χ2v) is 5.51. The Morgan fingerprint density at radius 1 is 1.05 bits per heavy atom. The van der Waals surface area contributed by atoms with E-state index in [2.05, 4.69) is 34.5 Å². The van der Waals surface area contributed by atoms with Crippen LogP contribution in [0.5, 0.6) is 0 Å². The highest BCUT2D eigenvalue weighted by Gasteiger charge is 2.23. The summed E-state index contributed by atoms with van der Waals surface area (Å²) in [4.78, 5) is 2.46. The minimum absolute atomic E-state index is 0.0936. The summed E-state index contributed by atoms with van der Waals surface area (Å²) in [6.45, 7) is 3.86. The fourth-order valence-corrected chi connectivity index (χ4v) is 2.98. The van der Waals surface area contributed by atoms with Gasteiger partial charge in [0, 0.05) is 32.2 Å². The highest BCUT2D eigenvalue weighted by molar-refractivity contribution is 5.21. The maximum atomic E-state index is 13.7. The Kier molecular flexibility index (Phi) is 4.63. The van der Waals surface area contributed by atoms with Crippen molar-refractivity contribution in [3.05, 3.63) is 71.5 Å². The molecule has 0 radical (unpaired) electrons. The van der Waals surface area contributed by atoms with E-state index in [9.17, 15) is 4.39 Å². The first kappa shape index (κ1) is 14.2. The fourth-order valence-electron chi connectivity index (χ4n) is 2.98. The van der Waals surface area contributed by atoms with E-state index < -0.39 is 0 Å².